The van der Waals surface area contributed by atoms with Crippen molar-refractivity contribution in [2.24, 2.45) is 5.73 Å². The fraction of sp³-hybridized carbons (Fsp3) is 0.133. The highest BCUT2D eigenvalue weighted by molar-refractivity contribution is 7.12. The van der Waals surface area contributed by atoms with E-state index in [-0.39, 0.29) is 6.42 Å². The van der Waals surface area contributed by atoms with E-state index in [0.717, 1.165) is 0 Å². The summed E-state index contributed by atoms with van der Waals surface area (Å²) < 4.78 is 0. The number of hydrogen-bond donors (Lipinski definition) is 4. The molecule has 4 amide bonds. The van der Waals surface area contributed by atoms with Gasteiger partial charge in [-0.3, -0.25) is 20.4 Å². The molecule has 1 atom stereocenters. The maximum Gasteiger partial charge on any atom is 0.312 e. The van der Waals surface area contributed by atoms with Gasteiger partial charge in [-0.2, -0.15) is 0 Å². The number of thiophene rings is 1. The molecule has 1 aromatic carbocycles. The molecule has 0 spiro atoms. The molecule has 1 aromatic heterocycles. The van der Waals surface area contributed by atoms with Crippen molar-refractivity contribution < 1.29 is 14.4 Å². The lowest BCUT2D eigenvalue weighted by atomic mass is 10.0. The van der Waals surface area contributed by atoms with Crippen LogP contribution >= 0.6 is 22.9 Å². The van der Waals surface area contributed by atoms with Gasteiger partial charge in [0.1, 0.15) is 0 Å². The molecule has 9 heteroatoms. The van der Waals surface area contributed by atoms with Gasteiger partial charge in [-0.1, -0.05) is 35.9 Å². The average molecular weight is 367 g/mol. The summed E-state index contributed by atoms with van der Waals surface area (Å²) in [5.74, 6) is -0.922. The maximum absolute atomic E-state index is 12.0. The second-order valence-electron chi connectivity index (χ2n) is 4.77. The van der Waals surface area contributed by atoms with Gasteiger partial charge in [0.15, 0.2) is 0 Å². The SMILES string of the molecule is NC(=O)NC(CC(=O)NNC(=O)c1cccs1)c1ccccc1Cl. The van der Waals surface area contributed by atoms with Gasteiger partial charge >= 0.3 is 6.03 Å². The summed E-state index contributed by atoms with van der Waals surface area (Å²) in [6.45, 7) is 0. The fourth-order valence-corrected chi connectivity index (χ4v) is 2.89. The number of nitrogens with two attached hydrogens (primary N) is 1. The molecule has 0 aliphatic carbocycles. The number of benzene rings is 1. The summed E-state index contributed by atoms with van der Waals surface area (Å²) in [6.07, 6.45) is -0.141. The van der Waals surface area contributed by atoms with Crippen molar-refractivity contribution in [2.45, 2.75) is 12.5 Å². The lowest BCUT2D eigenvalue weighted by Crippen LogP contribution is -2.43. The third-order valence-electron chi connectivity index (χ3n) is 3.05. The standard InChI is InChI=1S/C15H15ClN4O3S/c16-10-5-2-1-4-9(10)11(18-15(17)23)8-13(21)19-20-14(22)12-6-3-7-24-12/h1-7,11H,8H2,(H,19,21)(H,20,22)(H3,17,18,23). The van der Waals surface area contributed by atoms with Crippen LogP contribution in [0.4, 0.5) is 4.79 Å². The first kappa shape index (κ1) is 17.8. The minimum atomic E-state index is -0.782. The van der Waals surface area contributed by atoms with Gasteiger partial charge in [0.2, 0.25) is 5.91 Å². The molecule has 0 bridgehead atoms. The van der Waals surface area contributed by atoms with Crippen LogP contribution in [0.5, 0.6) is 0 Å². The maximum atomic E-state index is 12.0. The van der Waals surface area contributed by atoms with Crippen molar-refractivity contribution in [3.8, 4) is 0 Å². The Labute approximate surface area is 147 Å². The highest BCUT2D eigenvalue weighted by Crippen LogP contribution is 2.24. The minimum absolute atomic E-state index is 0.141. The van der Waals surface area contributed by atoms with Gasteiger partial charge in [0.25, 0.3) is 5.91 Å². The van der Waals surface area contributed by atoms with E-state index in [9.17, 15) is 14.4 Å². The first-order chi connectivity index (χ1) is 11.5. The second kappa shape index (κ2) is 8.32. The van der Waals surface area contributed by atoms with E-state index in [0.29, 0.717) is 15.5 Å². The highest BCUT2D eigenvalue weighted by atomic mass is 35.5. The summed E-state index contributed by atoms with van der Waals surface area (Å²) >= 11 is 7.34. The van der Waals surface area contributed by atoms with Crippen molar-refractivity contribution in [3.05, 3.63) is 57.2 Å². The summed E-state index contributed by atoms with van der Waals surface area (Å²) in [7, 11) is 0. The summed E-state index contributed by atoms with van der Waals surface area (Å²) in [5, 5.41) is 4.61. The Balaban J connectivity index is 1.98. The Bertz CT molecular complexity index is 736. The smallest absolute Gasteiger partial charge is 0.312 e. The Kier molecular flexibility index (Phi) is 6.16. The van der Waals surface area contributed by atoms with E-state index in [1.807, 2.05) is 0 Å². The molecule has 5 N–H and O–H groups in total. The molecular weight excluding hydrogens is 352 g/mol. The molecule has 2 rings (SSSR count). The summed E-state index contributed by atoms with van der Waals surface area (Å²) in [6, 6.07) is 8.65. The fourth-order valence-electron chi connectivity index (χ4n) is 2.00. The van der Waals surface area contributed by atoms with Crippen LogP contribution in [0, 0.1) is 0 Å². The average Bonchev–Trinajstić information content (AvgIpc) is 3.06. The lowest BCUT2D eigenvalue weighted by Gasteiger charge is -2.19. The van der Waals surface area contributed by atoms with E-state index in [2.05, 4.69) is 16.2 Å². The zero-order valence-electron chi connectivity index (χ0n) is 12.4. The third kappa shape index (κ3) is 4.97. The minimum Gasteiger partial charge on any atom is -0.352 e. The van der Waals surface area contributed by atoms with Crippen LogP contribution in [0.25, 0.3) is 0 Å². The predicted molar refractivity (Wildman–Crippen MR) is 91.5 cm³/mol. The van der Waals surface area contributed by atoms with Crippen LogP contribution in [0.1, 0.15) is 27.7 Å². The van der Waals surface area contributed by atoms with Crippen LogP contribution in [-0.4, -0.2) is 17.8 Å². The molecule has 0 radical (unpaired) electrons. The second-order valence-corrected chi connectivity index (χ2v) is 6.12. The van der Waals surface area contributed by atoms with Gasteiger partial charge in [-0.05, 0) is 23.1 Å². The highest BCUT2D eigenvalue weighted by Gasteiger charge is 2.20. The molecule has 0 aliphatic rings. The van der Waals surface area contributed by atoms with Crippen molar-refractivity contribution in [3.63, 3.8) is 0 Å². The van der Waals surface area contributed by atoms with Crippen molar-refractivity contribution >= 4 is 40.8 Å². The number of hydrogen-bond acceptors (Lipinski definition) is 4. The molecule has 0 saturated carbocycles. The Hall–Kier alpha value is -2.58. The number of nitrogens with one attached hydrogen (secondary N) is 3. The van der Waals surface area contributed by atoms with Gasteiger partial charge in [-0.15, -0.1) is 11.3 Å². The number of halogens is 1. The number of rotatable bonds is 5. The van der Waals surface area contributed by atoms with E-state index in [1.165, 1.54) is 11.3 Å². The van der Waals surface area contributed by atoms with E-state index in [1.54, 1.807) is 41.8 Å². The largest absolute Gasteiger partial charge is 0.352 e. The number of carbonyl (C=O) groups excluding carboxylic acids is 3. The van der Waals surface area contributed by atoms with Gasteiger partial charge in [0.05, 0.1) is 17.3 Å². The molecule has 0 aliphatic heterocycles. The molecule has 0 fully saturated rings. The first-order valence-electron chi connectivity index (χ1n) is 6.90. The Morgan fingerprint density at radius 1 is 1.12 bits per heavy atom. The number of hydrazine groups is 1. The van der Waals surface area contributed by atoms with Crippen molar-refractivity contribution in [1.82, 2.24) is 16.2 Å². The van der Waals surface area contributed by atoms with E-state index < -0.39 is 23.9 Å². The van der Waals surface area contributed by atoms with Crippen LogP contribution in [0.2, 0.25) is 5.02 Å². The van der Waals surface area contributed by atoms with Crippen LogP contribution < -0.4 is 21.9 Å². The topological polar surface area (TPSA) is 113 Å². The Morgan fingerprint density at radius 3 is 2.50 bits per heavy atom. The quantitative estimate of drug-likeness (QED) is 0.606. The lowest BCUT2D eigenvalue weighted by molar-refractivity contribution is -0.122. The Morgan fingerprint density at radius 2 is 1.88 bits per heavy atom. The number of amides is 4. The third-order valence-corrected chi connectivity index (χ3v) is 4.26. The normalized spacial score (nSPS) is 11.4. The molecular formula is C15H15ClN4O3S. The zero-order chi connectivity index (χ0) is 17.5. The molecule has 1 heterocycles. The predicted octanol–water partition coefficient (Wildman–Crippen LogP) is 1.96. The van der Waals surface area contributed by atoms with Gasteiger partial charge < -0.3 is 11.1 Å². The van der Waals surface area contributed by atoms with Crippen LogP contribution in [-0.2, 0) is 4.79 Å². The monoisotopic (exact) mass is 366 g/mol. The van der Waals surface area contributed by atoms with Gasteiger partial charge in [-0.25, -0.2) is 4.79 Å². The van der Waals surface area contributed by atoms with Crippen LogP contribution in [0.3, 0.4) is 0 Å². The van der Waals surface area contributed by atoms with E-state index in [4.69, 9.17) is 17.3 Å². The van der Waals surface area contributed by atoms with Crippen LogP contribution in [0.15, 0.2) is 41.8 Å². The number of primary amides is 1. The summed E-state index contributed by atoms with van der Waals surface area (Å²) in [5.41, 5.74) is 10.3. The zero-order valence-corrected chi connectivity index (χ0v) is 14.0. The summed E-state index contributed by atoms with van der Waals surface area (Å²) in [4.78, 5) is 35.4. The van der Waals surface area contributed by atoms with E-state index >= 15 is 0 Å². The molecule has 126 valence electrons. The molecule has 7 nitrogen and oxygen atoms in total. The molecule has 1 unspecified atom stereocenters. The van der Waals surface area contributed by atoms with Crippen molar-refractivity contribution in [1.29, 1.82) is 0 Å². The van der Waals surface area contributed by atoms with Gasteiger partial charge in [0, 0.05) is 5.02 Å². The molecule has 0 saturated heterocycles. The molecule has 2 aromatic rings. The van der Waals surface area contributed by atoms with Crippen molar-refractivity contribution in [2.75, 3.05) is 0 Å². The first-order valence-corrected chi connectivity index (χ1v) is 8.16. The molecule has 24 heavy (non-hydrogen) atoms. The number of carbonyl (C=O) groups is 3. The number of urea groups is 1.